The van der Waals surface area contributed by atoms with E-state index in [2.05, 4.69) is 25.4 Å². The molecule has 2 N–H and O–H groups in total. The second kappa shape index (κ2) is 3.10. The molecule has 2 heterocycles. The van der Waals surface area contributed by atoms with Gasteiger partial charge in [-0.3, -0.25) is 4.98 Å². The molecule has 0 bridgehead atoms. The van der Waals surface area contributed by atoms with E-state index in [1.165, 1.54) is 12.5 Å². The Morgan fingerprint density at radius 1 is 1.08 bits per heavy atom. The first-order valence-corrected chi connectivity index (χ1v) is 3.58. The summed E-state index contributed by atoms with van der Waals surface area (Å²) >= 11 is 0. The van der Waals surface area contributed by atoms with E-state index in [1.54, 1.807) is 12.1 Å². The first-order chi connectivity index (χ1) is 6.36. The molecule has 0 saturated heterocycles. The zero-order valence-electron chi connectivity index (χ0n) is 6.62. The van der Waals surface area contributed by atoms with Crippen molar-refractivity contribution in [2.45, 2.75) is 0 Å². The van der Waals surface area contributed by atoms with Crippen LogP contribution < -0.4 is 5.73 Å². The molecule has 0 fully saturated rings. The molecule has 2 aromatic heterocycles. The van der Waals surface area contributed by atoms with Crippen molar-refractivity contribution in [2.24, 2.45) is 0 Å². The Labute approximate surface area is 73.9 Å². The van der Waals surface area contributed by atoms with Crippen molar-refractivity contribution in [3.05, 3.63) is 24.7 Å². The molecule has 0 saturated carbocycles. The molecule has 0 amide bonds. The van der Waals surface area contributed by atoms with Crippen LogP contribution in [0.15, 0.2) is 24.7 Å². The molecule has 0 aliphatic carbocycles. The highest BCUT2D eigenvalue weighted by Gasteiger charge is 2.01. The van der Waals surface area contributed by atoms with Crippen LogP contribution >= 0.6 is 0 Å². The van der Waals surface area contributed by atoms with Gasteiger partial charge in [-0.1, -0.05) is 0 Å². The van der Waals surface area contributed by atoms with Gasteiger partial charge in [-0.2, -0.15) is 0 Å². The van der Waals surface area contributed by atoms with Gasteiger partial charge in [0.25, 0.3) is 0 Å². The highest BCUT2D eigenvalue weighted by Crippen LogP contribution is 2.09. The van der Waals surface area contributed by atoms with Gasteiger partial charge >= 0.3 is 0 Å². The number of hydrogen-bond donors (Lipinski definition) is 1. The van der Waals surface area contributed by atoms with Crippen LogP contribution in [0.5, 0.6) is 0 Å². The summed E-state index contributed by atoms with van der Waals surface area (Å²) in [6, 6.07) is 3.44. The average molecular weight is 174 g/mol. The molecule has 6 nitrogen and oxygen atoms in total. The van der Waals surface area contributed by atoms with Crippen molar-refractivity contribution in [1.29, 1.82) is 0 Å². The summed E-state index contributed by atoms with van der Waals surface area (Å²) < 4.78 is 0. The maximum atomic E-state index is 5.47. The SMILES string of the molecule is Nc1ccc(-c2nncnn2)nc1. The number of nitrogens with two attached hydrogens (primary N) is 1. The Morgan fingerprint density at radius 3 is 2.46 bits per heavy atom. The van der Waals surface area contributed by atoms with Crippen molar-refractivity contribution in [1.82, 2.24) is 25.4 Å². The second-order valence-corrected chi connectivity index (χ2v) is 2.35. The number of pyridine rings is 1. The predicted molar refractivity (Wildman–Crippen MR) is 45.3 cm³/mol. The molecule has 0 aliphatic heterocycles. The van der Waals surface area contributed by atoms with Crippen LogP contribution in [-0.2, 0) is 0 Å². The van der Waals surface area contributed by atoms with E-state index in [9.17, 15) is 0 Å². The van der Waals surface area contributed by atoms with Gasteiger partial charge in [0, 0.05) is 0 Å². The Balaban J connectivity index is 2.42. The number of anilines is 1. The average Bonchev–Trinajstić information content (AvgIpc) is 2.20. The molecule has 64 valence electrons. The molecular formula is C7H6N6. The summed E-state index contributed by atoms with van der Waals surface area (Å²) in [6.07, 6.45) is 2.80. The van der Waals surface area contributed by atoms with E-state index in [-0.39, 0.29) is 0 Å². The van der Waals surface area contributed by atoms with Gasteiger partial charge in [-0.05, 0) is 12.1 Å². The minimum Gasteiger partial charge on any atom is -0.397 e. The molecule has 0 atom stereocenters. The summed E-state index contributed by atoms with van der Waals surface area (Å²) in [6.45, 7) is 0. The summed E-state index contributed by atoms with van der Waals surface area (Å²) in [7, 11) is 0. The largest absolute Gasteiger partial charge is 0.397 e. The van der Waals surface area contributed by atoms with E-state index >= 15 is 0 Å². The summed E-state index contributed by atoms with van der Waals surface area (Å²) in [4.78, 5) is 4.02. The van der Waals surface area contributed by atoms with Crippen molar-refractivity contribution in [2.75, 3.05) is 5.73 Å². The number of nitrogen functional groups attached to an aromatic ring is 1. The number of hydrogen-bond acceptors (Lipinski definition) is 6. The van der Waals surface area contributed by atoms with E-state index in [0.717, 1.165) is 0 Å². The Bertz CT molecular complexity index is 383. The molecular weight excluding hydrogens is 168 g/mol. The lowest BCUT2D eigenvalue weighted by Gasteiger charge is -1.95. The molecule has 6 heteroatoms. The Hall–Kier alpha value is -2.11. The third kappa shape index (κ3) is 1.56. The maximum absolute atomic E-state index is 5.47. The zero-order chi connectivity index (χ0) is 9.10. The third-order valence-corrected chi connectivity index (χ3v) is 1.42. The van der Waals surface area contributed by atoms with Gasteiger partial charge in [0.05, 0.1) is 11.9 Å². The predicted octanol–water partition coefficient (Wildman–Crippen LogP) is -0.0892. The molecule has 0 aliphatic rings. The fourth-order valence-electron chi connectivity index (χ4n) is 0.844. The van der Waals surface area contributed by atoms with Gasteiger partial charge in [-0.15, -0.1) is 20.4 Å². The Morgan fingerprint density at radius 2 is 1.85 bits per heavy atom. The monoisotopic (exact) mass is 174 g/mol. The van der Waals surface area contributed by atoms with Crippen LogP contribution in [0, 0.1) is 0 Å². The lowest BCUT2D eigenvalue weighted by molar-refractivity contribution is 0.859. The molecule has 0 aromatic carbocycles. The summed E-state index contributed by atoms with van der Waals surface area (Å²) in [5, 5.41) is 14.7. The van der Waals surface area contributed by atoms with Crippen LogP contribution in [-0.4, -0.2) is 25.4 Å². The lowest BCUT2D eigenvalue weighted by atomic mass is 10.3. The lowest BCUT2D eigenvalue weighted by Crippen LogP contribution is -1.96. The first-order valence-electron chi connectivity index (χ1n) is 3.58. The van der Waals surface area contributed by atoms with Crippen LogP contribution in [0.1, 0.15) is 0 Å². The first kappa shape index (κ1) is 7.53. The van der Waals surface area contributed by atoms with Crippen molar-refractivity contribution < 1.29 is 0 Å². The maximum Gasteiger partial charge on any atom is 0.221 e. The van der Waals surface area contributed by atoms with Gasteiger partial charge in [0.1, 0.15) is 5.69 Å². The minimum absolute atomic E-state index is 0.391. The standard InChI is InChI=1S/C7H6N6/c8-5-1-2-6(9-3-5)7-12-10-4-11-13-7/h1-4H,8H2. The molecule has 0 radical (unpaired) electrons. The smallest absolute Gasteiger partial charge is 0.221 e. The van der Waals surface area contributed by atoms with E-state index in [4.69, 9.17) is 5.73 Å². The van der Waals surface area contributed by atoms with Gasteiger partial charge in [0.15, 0.2) is 6.33 Å². The van der Waals surface area contributed by atoms with Crippen LogP contribution in [0.3, 0.4) is 0 Å². The minimum atomic E-state index is 0.391. The number of rotatable bonds is 1. The summed E-state index contributed by atoms with van der Waals surface area (Å²) in [5.41, 5.74) is 6.67. The highest BCUT2D eigenvalue weighted by molar-refractivity contribution is 5.50. The fourth-order valence-corrected chi connectivity index (χ4v) is 0.844. The topological polar surface area (TPSA) is 90.5 Å². The van der Waals surface area contributed by atoms with Crippen molar-refractivity contribution in [3.8, 4) is 11.5 Å². The van der Waals surface area contributed by atoms with Gasteiger partial charge in [-0.25, -0.2) is 0 Å². The second-order valence-electron chi connectivity index (χ2n) is 2.35. The molecule has 0 unspecified atom stereocenters. The molecule has 2 rings (SSSR count). The Kier molecular flexibility index (Phi) is 1.79. The molecule has 13 heavy (non-hydrogen) atoms. The zero-order valence-corrected chi connectivity index (χ0v) is 6.62. The third-order valence-electron chi connectivity index (χ3n) is 1.42. The highest BCUT2D eigenvalue weighted by atomic mass is 15.3. The summed E-state index contributed by atoms with van der Waals surface area (Å²) in [5.74, 6) is 0.391. The normalized spacial score (nSPS) is 9.85. The van der Waals surface area contributed by atoms with E-state index < -0.39 is 0 Å². The van der Waals surface area contributed by atoms with Crippen molar-refractivity contribution in [3.63, 3.8) is 0 Å². The van der Waals surface area contributed by atoms with Crippen LogP contribution in [0.25, 0.3) is 11.5 Å². The molecule has 0 spiro atoms. The van der Waals surface area contributed by atoms with Crippen molar-refractivity contribution >= 4 is 5.69 Å². The van der Waals surface area contributed by atoms with Crippen LogP contribution in [0.2, 0.25) is 0 Å². The fraction of sp³-hybridized carbons (Fsp3) is 0. The van der Waals surface area contributed by atoms with E-state index in [0.29, 0.717) is 17.2 Å². The van der Waals surface area contributed by atoms with E-state index in [1.807, 2.05) is 0 Å². The van der Waals surface area contributed by atoms with Gasteiger partial charge in [0.2, 0.25) is 5.82 Å². The van der Waals surface area contributed by atoms with Gasteiger partial charge < -0.3 is 5.73 Å². The number of nitrogens with zero attached hydrogens (tertiary/aromatic N) is 5. The number of aromatic nitrogens is 5. The van der Waals surface area contributed by atoms with Crippen LogP contribution in [0.4, 0.5) is 5.69 Å². The quantitative estimate of drug-likeness (QED) is 0.649. The molecule has 2 aromatic rings.